The molecule has 0 aromatic heterocycles. The molecule has 42 heavy (non-hydrogen) atoms. The molecule has 3 N–H and O–H groups in total. The van der Waals surface area contributed by atoms with Crippen molar-refractivity contribution in [3.8, 4) is 0 Å². The van der Waals surface area contributed by atoms with Crippen molar-refractivity contribution < 1.29 is 19.5 Å². The number of halogens is 1. The molecule has 0 aliphatic carbocycles. The zero-order chi connectivity index (χ0) is 29.6. The number of aliphatic hydroxyl groups is 1. The molecule has 3 aliphatic heterocycles. The number of hydrogen-bond donors (Lipinski definition) is 3. The summed E-state index contributed by atoms with van der Waals surface area (Å²) < 4.78 is -0.782. The molecule has 3 fully saturated rings. The lowest BCUT2D eigenvalue weighted by Crippen LogP contribution is -2.55. The van der Waals surface area contributed by atoms with Crippen molar-refractivity contribution in [2.24, 2.45) is 17.8 Å². The summed E-state index contributed by atoms with van der Waals surface area (Å²) in [7, 11) is 0. The molecule has 1 spiro atoms. The van der Waals surface area contributed by atoms with Crippen molar-refractivity contribution in [2.75, 3.05) is 11.9 Å². The molecule has 3 aliphatic rings. The molecule has 3 amide bonds. The highest BCUT2D eigenvalue weighted by molar-refractivity contribution is 9.09. The number of aliphatic hydroxyl groups excluding tert-OH is 1. The van der Waals surface area contributed by atoms with Crippen molar-refractivity contribution in [3.05, 3.63) is 78.4 Å². The van der Waals surface area contributed by atoms with E-state index < -0.39 is 28.7 Å². The van der Waals surface area contributed by atoms with Crippen molar-refractivity contribution in [3.63, 3.8) is 0 Å². The molecule has 7 nitrogen and oxygen atoms in total. The average Bonchev–Trinajstić information content (AvgIpc) is 3.58. The van der Waals surface area contributed by atoms with Gasteiger partial charge in [-0.05, 0) is 47.2 Å². The molecule has 3 saturated heterocycles. The third-order valence-corrected chi connectivity index (χ3v) is 12.2. The fraction of sp³-hybridized carbons (Fsp3) is 0.424. The average molecular weight is 651 g/mol. The number of nitrogens with one attached hydrogen (secondary N) is 2. The maximum absolute atomic E-state index is 14.4. The van der Waals surface area contributed by atoms with Gasteiger partial charge in [0, 0.05) is 22.3 Å². The molecule has 3 aromatic rings. The molecular formula is C33H36BrN3O4S. The molecule has 2 bridgehead atoms. The third-order valence-electron chi connectivity index (χ3n) is 8.95. The Morgan fingerprint density at radius 1 is 1.05 bits per heavy atom. The summed E-state index contributed by atoms with van der Waals surface area (Å²) in [6.07, 6.45) is 1.15. The van der Waals surface area contributed by atoms with Crippen LogP contribution in [0.5, 0.6) is 0 Å². The number of likely N-dealkylation sites (tertiary alicyclic amines) is 1. The van der Waals surface area contributed by atoms with Crippen LogP contribution in [0, 0.1) is 17.8 Å². The Kier molecular flexibility index (Phi) is 8.11. The lowest BCUT2D eigenvalue weighted by Gasteiger charge is -2.37. The van der Waals surface area contributed by atoms with Gasteiger partial charge in [0.05, 0.1) is 29.2 Å². The summed E-state index contributed by atoms with van der Waals surface area (Å²) >= 11 is 5.43. The second-order valence-corrected chi connectivity index (χ2v) is 14.8. The number of rotatable bonds is 9. The van der Waals surface area contributed by atoms with Gasteiger partial charge in [-0.2, -0.15) is 0 Å². The third kappa shape index (κ3) is 5.03. The topological polar surface area (TPSA) is 98.7 Å². The number of alkyl halides is 1. The van der Waals surface area contributed by atoms with Gasteiger partial charge in [-0.1, -0.05) is 90.4 Å². The number of thioether (sulfide) groups is 1. The Bertz CT molecular complexity index is 1500. The van der Waals surface area contributed by atoms with Crippen LogP contribution in [0.15, 0.2) is 72.8 Å². The normalized spacial score (nSPS) is 28.7. The van der Waals surface area contributed by atoms with E-state index in [1.54, 1.807) is 16.7 Å². The smallest absolute Gasteiger partial charge is 0.248 e. The number of carbonyl (C=O) groups is 3. The minimum atomic E-state index is -0.820. The van der Waals surface area contributed by atoms with Gasteiger partial charge in [0.15, 0.2) is 0 Å². The first-order chi connectivity index (χ1) is 20.2. The fourth-order valence-electron chi connectivity index (χ4n) is 7.26. The van der Waals surface area contributed by atoms with Gasteiger partial charge < -0.3 is 20.6 Å². The Labute approximate surface area is 258 Å². The van der Waals surface area contributed by atoms with E-state index in [1.807, 2.05) is 86.6 Å². The van der Waals surface area contributed by atoms with Crippen molar-refractivity contribution in [2.45, 2.75) is 60.1 Å². The maximum atomic E-state index is 14.4. The molecule has 9 heteroatoms. The van der Waals surface area contributed by atoms with Crippen molar-refractivity contribution in [1.29, 1.82) is 0 Å². The second-order valence-electron chi connectivity index (χ2n) is 12.1. The van der Waals surface area contributed by atoms with E-state index in [9.17, 15) is 19.5 Å². The first-order valence-corrected chi connectivity index (χ1v) is 16.4. The van der Waals surface area contributed by atoms with Gasteiger partial charge in [-0.3, -0.25) is 14.4 Å². The van der Waals surface area contributed by atoms with E-state index in [-0.39, 0.29) is 40.3 Å². The number of hydrogen-bond acceptors (Lipinski definition) is 5. The monoisotopic (exact) mass is 649 g/mol. The first-order valence-electron chi connectivity index (χ1n) is 14.6. The van der Waals surface area contributed by atoms with Crippen LogP contribution in [0.3, 0.4) is 0 Å². The van der Waals surface area contributed by atoms with Gasteiger partial charge in [0.2, 0.25) is 17.7 Å². The number of carbonyl (C=O) groups excluding carboxylic acids is 3. The van der Waals surface area contributed by atoms with Gasteiger partial charge in [0.1, 0.15) is 6.04 Å². The minimum absolute atomic E-state index is 0.0207. The van der Waals surface area contributed by atoms with Crippen LogP contribution in [0.4, 0.5) is 5.69 Å². The Hall–Kier alpha value is -2.88. The van der Waals surface area contributed by atoms with E-state index in [1.165, 1.54) is 0 Å². The zero-order valence-electron chi connectivity index (χ0n) is 23.7. The summed E-state index contributed by atoms with van der Waals surface area (Å²) in [5, 5.41) is 18.6. The predicted molar refractivity (Wildman–Crippen MR) is 170 cm³/mol. The molecule has 3 heterocycles. The van der Waals surface area contributed by atoms with E-state index in [0.29, 0.717) is 25.1 Å². The Balaban J connectivity index is 1.35. The van der Waals surface area contributed by atoms with Gasteiger partial charge >= 0.3 is 0 Å². The highest BCUT2D eigenvalue weighted by Gasteiger charge is 2.76. The quantitative estimate of drug-likeness (QED) is 0.285. The lowest BCUT2D eigenvalue weighted by molar-refractivity contribution is -0.142. The van der Waals surface area contributed by atoms with Crippen LogP contribution in [-0.2, 0) is 20.9 Å². The van der Waals surface area contributed by atoms with Crippen LogP contribution in [-0.4, -0.2) is 61.2 Å². The molecule has 7 atom stereocenters. The van der Waals surface area contributed by atoms with Crippen LogP contribution >= 0.6 is 27.7 Å². The summed E-state index contributed by atoms with van der Waals surface area (Å²) in [4.78, 5) is 44.1. The minimum Gasteiger partial charge on any atom is -0.394 e. The molecular weight excluding hydrogens is 614 g/mol. The Morgan fingerprint density at radius 2 is 1.76 bits per heavy atom. The van der Waals surface area contributed by atoms with Gasteiger partial charge in [-0.15, -0.1) is 11.8 Å². The molecule has 220 valence electrons. The standard InChI is InChI=1S/C33H36BrN3O4S/c1-19(2)14-24(18-38)37-29(31(40)36-23-13-12-21-10-6-7-11-22(21)15-23)33-16-25(34)28(42-33)26(27(33)32(37)41)30(39)35-17-20-8-4-3-5-9-20/h3-13,15,19,24-29,38H,14,16-18H2,1-2H3,(H,35,39)(H,36,40)/t24-,25?,26-,27+,28-,29?,33?/m1/s1. The van der Waals surface area contributed by atoms with E-state index in [4.69, 9.17) is 0 Å². The maximum Gasteiger partial charge on any atom is 0.248 e. The number of nitrogens with zero attached hydrogens (tertiary/aromatic N) is 1. The van der Waals surface area contributed by atoms with Crippen LogP contribution in [0.2, 0.25) is 0 Å². The van der Waals surface area contributed by atoms with Crippen molar-refractivity contribution >= 4 is 61.9 Å². The van der Waals surface area contributed by atoms with E-state index in [2.05, 4.69) is 26.6 Å². The lowest BCUT2D eigenvalue weighted by atomic mass is 9.70. The van der Waals surface area contributed by atoms with Crippen LogP contribution in [0.25, 0.3) is 10.8 Å². The summed E-state index contributed by atoms with van der Waals surface area (Å²) in [6.45, 7) is 4.21. The highest BCUT2D eigenvalue weighted by atomic mass is 79.9. The van der Waals surface area contributed by atoms with E-state index in [0.717, 1.165) is 16.3 Å². The molecule has 0 saturated carbocycles. The number of anilines is 1. The van der Waals surface area contributed by atoms with Crippen LogP contribution in [0.1, 0.15) is 32.3 Å². The van der Waals surface area contributed by atoms with Gasteiger partial charge in [0.25, 0.3) is 0 Å². The van der Waals surface area contributed by atoms with Crippen LogP contribution < -0.4 is 10.6 Å². The molecule has 0 radical (unpaired) electrons. The number of benzene rings is 3. The number of fused-ring (bicyclic) bond motifs is 2. The SMILES string of the molecule is CC(C)C[C@H](CO)N1C(=O)[C@@H]2[C@@H](C(=O)NCc3ccccc3)[C@@H]3SC2(CC3Br)C1C(=O)Nc1ccc2ccccc2c1. The molecule has 3 aromatic carbocycles. The molecule has 6 rings (SSSR count). The largest absolute Gasteiger partial charge is 0.394 e. The molecule has 3 unspecified atom stereocenters. The fourth-order valence-corrected chi connectivity index (χ4v) is 10.9. The Morgan fingerprint density at radius 3 is 2.48 bits per heavy atom. The summed E-state index contributed by atoms with van der Waals surface area (Å²) in [6, 6.07) is 22.1. The van der Waals surface area contributed by atoms with Gasteiger partial charge in [-0.25, -0.2) is 0 Å². The van der Waals surface area contributed by atoms with E-state index >= 15 is 0 Å². The first kappa shape index (κ1) is 29.2. The predicted octanol–water partition coefficient (Wildman–Crippen LogP) is 4.97. The summed E-state index contributed by atoms with van der Waals surface area (Å²) in [5.74, 6) is -1.67. The highest BCUT2D eigenvalue weighted by Crippen LogP contribution is 2.68. The second kappa shape index (κ2) is 11.7. The summed E-state index contributed by atoms with van der Waals surface area (Å²) in [5.41, 5.74) is 1.64. The van der Waals surface area contributed by atoms with Crippen molar-refractivity contribution in [1.82, 2.24) is 10.2 Å². The zero-order valence-corrected chi connectivity index (χ0v) is 26.1. The number of amides is 3.